The molecule has 1 aromatic heterocycles. The molecule has 0 bridgehead atoms. The molecule has 2 heterocycles. The minimum absolute atomic E-state index is 0.149. The van der Waals surface area contributed by atoms with Gasteiger partial charge in [0.05, 0.1) is 29.2 Å². The van der Waals surface area contributed by atoms with Crippen LogP contribution in [0.2, 0.25) is 0 Å². The molecule has 1 fully saturated rings. The molecule has 1 saturated heterocycles. The van der Waals surface area contributed by atoms with Crippen molar-refractivity contribution >= 4 is 17.7 Å². The Hall–Kier alpha value is -3.45. The van der Waals surface area contributed by atoms with Crippen molar-refractivity contribution in [3.63, 3.8) is 0 Å². The van der Waals surface area contributed by atoms with E-state index in [2.05, 4.69) is 15.7 Å². The summed E-state index contributed by atoms with van der Waals surface area (Å²) in [5, 5.41) is 28.7. The summed E-state index contributed by atoms with van der Waals surface area (Å²) in [6, 6.07) is 4.93. The Morgan fingerprint density at radius 2 is 1.65 bits per heavy atom. The van der Waals surface area contributed by atoms with Gasteiger partial charge < -0.3 is 25.7 Å². The number of aromatic nitrogens is 2. The molecule has 0 spiro atoms. The van der Waals surface area contributed by atoms with Crippen LogP contribution in [0.25, 0.3) is 5.69 Å². The highest BCUT2D eigenvalue weighted by atomic mass is 19.4. The van der Waals surface area contributed by atoms with E-state index in [1.165, 1.54) is 24.9 Å². The first kappa shape index (κ1) is 31.1. The first-order valence-electron chi connectivity index (χ1n) is 13.1. The third-order valence-electron chi connectivity index (χ3n) is 7.13. The van der Waals surface area contributed by atoms with Crippen LogP contribution in [-0.4, -0.2) is 79.2 Å². The summed E-state index contributed by atoms with van der Waals surface area (Å²) >= 11 is 0. The zero-order chi connectivity index (χ0) is 30.0. The van der Waals surface area contributed by atoms with E-state index in [0.29, 0.717) is 12.1 Å². The number of benzene rings is 1. The second kappa shape index (κ2) is 12.0. The number of hydrogen-bond donors (Lipinski definition) is 4. The molecule has 0 unspecified atom stereocenters. The molecule has 4 N–H and O–H groups in total. The molecular weight excluding hydrogens is 531 g/mol. The number of aliphatic hydroxyl groups is 2. The van der Waals surface area contributed by atoms with Crippen LogP contribution >= 0.6 is 0 Å². The number of nitrogens with one attached hydrogen (secondary N) is 2. The summed E-state index contributed by atoms with van der Waals surface area (Å²) in [5.41, 5.74) is 1.56. The van der Waals surface area contributed by atoms with Gasteiger partial charge in [0.25, 0.3) is 11.7 Å². The zero-order valence-corrected chi connectivity index (χ0v) is 23.1. The van der Waals surface area contributed by atoms with Gasteiger partial charge in [-0.15, -0.1) is 0 Å². The maximum atomic E-state index is 13.6. The largest absolute Gasteiger partial charge is 0.445 e. The summed E-state index contributed by atoms with van der Waals surface area (Å²) in [6.45, 7) is 7.92. The van der Waals surface area contributed by atoms with Crippen molar-refractivity contribution < 1.29 is 37.8 Å². The number of rotatable bonds is 9. The average molecular weight is 568 g/mol. The maximum Gasteiger partial charge on any atom is 0.445 e. The Balaban J connectivity index is 1.78. The number of carbonyl (C=O) groups excluding carboxylic acids is 3. The maximum absolute atomic E-state index is 13.6. The molecule has 3 atom stereocenters. The Kier molecular flexibility index (Phi) is 9.30. The normalized spacial score (nSPS) is 17.7. The van der Waals surface area contributed by atoms with Crippen LogP contribution in [0.3, 0.4) is 0 Å². The van der Waals surface area contributed by atoms with Crippen LogP contribution < -0.4 is 10.6 Å². The van der Waals surface area contributed by atoms with E-state index in [9.17, 15) is 37.8 Å². The Bertz CT molecular complexity index is 1210. The minimum atomic E-state index is -5.42. The van der Waals surface area contributed by atoms with Gasteiger partial charge in [0.1, 0.15) is 12.1 Å². The average Bonchev–Trinajstić information content (AvgIpc) is 3.51. The van der Waals surface area contributed by atoms with Crippen molar-refractivity contribution in [1.82, 2.24) is 25.3 Å². The van der Waals surface area contributed by atoms with E-state index in [1.54, 1.807) is 25.5 Å². The van der Waals surface area contributed by atoms with Crippen molar-refractivity contribution in [3.8, 4) is 5.69 Å². The van der Waals surface area contributed by atoms with Crippen molar-refractivity contribution in [2.45, 2.75) is 77.5 Å². The number of likely N-dealkylation sites (tertiary alicyclic amines) is 1. The number of hydrogen-bond acceptors (Lipinski definition) is 6. The predicted molar refractivity (Wildman–Crippen MR) is 139 cm³/mol. The van der Waals surface area contributed by atoms with Crippen LogP contribution in [0.15, 0.2) is 36.5 Å². The molecule has 220 valence electrons. The third kappa shape index (κ3) is 6.30. The van der Waals surface area contributed by atoms with Crippen LogP contribution in [-0.2, 0) is 9.59 Å². The van der Waals surface area contributed by atoms with Gasteiger partial charge in [0, 0.05) is 6.54 Å². The fourth-order valence-corrected chi connectivity index (χ4v) is 4.83. The van der Waals surface area contributed by atoms with Crippen molar-refractivity contribution in [1.29, 1.82) is 0 Å². The van der Waals surface area contributed by atoms with Gasteiger partial charge in [-0.05, 0) is 43.7 Å². The van der Waals surface area contributed by atoms with Crippen LogP contribution in [0.5, 0.6) is 0 Å². The van der Waals surface area contributed by atoms with E-state index >= 15 is 0 Å². The Labute approximate surface area is 230 Å². The smallest absolute Gasteiger partial charge is 0.357 e. The summed E-state index contributed by atoms with van der Waals surface area (Å²) < 4.78 is 41.5. The van der Waals surface area contributed by atoms with Gasteiger partial charge in [-0.1, -0.05) is 45.9 Å². The lowest BCUT2D eigenvalue weighted by atomic mass is 9.94. The van der Waals surface area contributed by atoms with Crippen molar-refractivity contribution in [3.05, 3.63) is 47.8 Å². The first-order valence-corrected chi connectivity index (χ1v) is 13.1. The number of nitrogens with zero attached hydrogens (tertiary/aromatic N) is 3. The van der Waals surface area contributed by atoms with E-state index < -0.39 is 53.7 Å². The van der Waals surface area contributed by atoms with Gasteiger partial charge in [-0.3, -0.25) is 14.4 Å². The molecule has 13 heteroatoms. The fraction of sp³-hybridized carbons (Fsp3) is 0.556. The molecule has 1 aliphatic heterocycles. The molecular formula is C27H36F3N5O5. The molecule has 2 aromatic rings. The second-order valence-electron chi connectivity index (χ2n) is 10.7. The number of halogens is 3. The monoisotopic (exact) mass is 567 g/mol. The summed E-state index contributed by atoms with van der Waals surface area (Å²) in [4.78, 5) is 41.1. The lowest BCUT2D eigenvalue weighted by Crippen LogP contribution is -2.65. The minimum Gasteiger partial charge on any atom is -0.357 e. The van der Waals surface area contributed by atoms with Crippen molar-refractivity contribution in [2.24, 2.45) is 11.8 Å². The molecule has 0 aliphatic carbocycles. The van der Waals surface area contributed by atoms with E-state index in [-0.39, 0.29) is 24.4 Å². The van der Waals surface area contributed by atoms with E-state index in [4.69, 9.17) is 0 Å². The zero-order valence-electron chi connectivity index (χ0n) is 23.1. The second-order valence-corrected chi connectivity index (χ2v) is 10.7. The highest BCUT2D eigenvalue weighted by Crippen LogP contribution is 2.34. The number of para-hydroxylation sites is 1. The lowest BCUT2D eigenvalue weighted by molar-refractivity contribution is -0.362. The first-order chi connectivity index (χ1) is 18.6. The summed E-state index contributed by atoms with van der Waals surface area (Å²) in [7, 11) is 0. The molecule has 0 radical (unpaired) electrons. The van der Waals surface area contributed by atoms with Crippen LogP contribution in [0.4, 0.5) is 13.2 Å². The molecule has 10 nitrogen and oxygen atoms in total. The molecule has 3 amide bonds. The highest BCUT2D eigenvalue weighted by Gasteiger charge is 2.59. The predicted octanol–water partition coefficient (Wildman–Crippen LogP) is 2.31. The SMILES string of the molecule is Cc1c(C(=O)N[C@H](C(=O)N2CCC[C@H]2C(=O)N[C@@H](C(C)C)C(O)(O)C(F)(F)F)C(C)C)cnn1-c1ccccc1. The number of alkyl halides is 3. The molecule has 0 saturated carbocycles. The highest BCUT2D eigenvalue weighted by molar-refractivity contribution is 5.99. The summed E-state index contributed by atoms with van der Waals surface area (Å²) in [5.74, 6) is -7.58. The fourth-order valence-electron chi connectivity index (χ4n) is 4.83. The molecule has 1 aromatic carbocycles. The van der Waals surface area contributed by atoms with Gasteiger partial charge in [-0.2, -0.15) is 18.3 Å². The van der Waals surface area contributed by atoms with E-state index in [1.807, 2.05) is 30.3 Å². The van der Waals surface area contributed by atoms with Crippen LogP contribution in [0, 0.1) is 18.8 Å². The topological polar surface area (TPSA) is 137 Å². The molecule has 3 rings (SSSR count). The van der Waals surface area contributed by atoms with Gasteiger partial charge in [-0.25, -0.2) is 4.68 Å². The van der Waals surface area contributed by atoms with Crippen molar-refractivity contribution in [2.75, 3.05) is 6.54 Å². The Morgan fingerprint density at radius 3 is 2.20 bits per heavy atom. The number of amides is 3. The Morgan fingerprint density at radius 1 is 1.02 bits per heavy atom. The van der Waals surface area contributed by atoms with E-state index in [0.717, 1.165) is 5.69 Å². The quantitative estimate of drug-likeness (QED) is 0.344. The number of carbonyl (C=O) groups is 3. The molecule has 1 aliphatic rings. The third-order valence-corrected chi connectivity index (χ3v) is 7.13. The van der Waals surface area contributed by atoms with Crippen LogP contribution in [0.1, 0.15) is 56.6 Å². The lowest BCUT2D eigenvalue weighted by Gasteiger charge is -2.37. The molecule has 40 heavy (non-hydrogen) atoms. The van der Waals surface area contributed by atoms with Gasteiger partial charge >= 0.3 is 6.18 Å². The standard InChI is InChI=1S/C27H36F3N5O5/c1-15(2)21(32-23(36)19-14-31-35(17(19)5)18-10-7-6-8-11-18)25(38)34-13-9-12-20(34)24(37)33-22(16(3)4)26(39,40)27(28,29)30/h6-8,10-11,14-16,20-22,39-40H,9,12-13H2,1-5H3,(H,32,36)(H,33,37)/t20-,21-,22-/m0/s1. The van der Waals surface area contributed by atoms with Gasteiger partial charge in [0.15, 0.2) is 0 Å². The summed E-state index contributed by atoms with van der Waals surface area (Å²) in [6.07, 6.45) is -3.45. The van der Waals surface area contributed by atoms with Gasteiger partial charge in [0.2, 0.25) is 11.8 Å².